The molecule has 1 amide bonds. The minimum atomic E-state index is -0.554. The summed E-state index contributed by atoms with van der Waals surface area (Å²) >= 11 is 7.50. The van der Waals surface area contributed by atoms with Gasteiger partial charge in [-0.3, -0.25) is 4.79 Å². The zero-order valence-corrected chi connectivity index (χ0v) is 25.0. The molecule has 9 heteroatoms. The van der Waals surface area contributed by atoms with Crippen molar-refractivity contribution in [1.82, 2.24) is 4.98 Å². The lowest BCUT2D eigenvalue weighted by molar-refractivity contribution is -0.115. The lowest BCUT2D eigenvalue weighted by Crippen LogP contribution is -2.25. The molecule has 1 heterocycles. The molecule has 0 saturated heterocycles. The number of aryl methyl sites for hydroxylation is 1. The van der Waals surface area contributed by atoms with E-state index in [0.717, 1.165) is 11.1 Å². The highest BCUT2D eigenvalue weighted by Crippen LogP contribution is 2.43. The fraction of sp³-hybridized carbons (Fsp3) is 0.219. The third-order valence-corrected chi connectivity index (χ3v) is 8.27. The SMILES string of the molecule is CCC(Sc1nc(-c2ccccc2)cc(-c2cccc(OC)c2OC)c1C#N)C(=O)Nc1cc(C)c(Cl)cc1OC. The number of ether oxygens (including phenoxy) is 3. The van der Waals surface area contributed by atoms with Crippen LogP contribution in [0, 0.1) is 18.3 Å². The maximum Gasteiger partial charge on any atom is 0.238 e. The topological polar surface area (TPSA) is 93.5 Å². The van der Waals surface area contributed by atoms with Gasteiger partial charge in [0, 0.05) is 27.8 Å². The van der Waals surface area contributed by atoms with Crippen LogP contribution in [0.1, 0.15) is 24.5 Å². The third-order valence-electron chi connectivity index (χ3n) is 6.52. The number of nitrogens with zero attached hydrogens (tertiary/aromatic N) is 2. The molecule has 41 heavy (non-hydrogen) atoms. The van der Waals surface area contributed by atoms with Crippen LogP contribution in [0.4, 0.5) is 5.69 Å². The first kappa shape index (κ1) is 29.8. The van der Waals surface area contributed by atoms with E-state index in [1.165, 1.54) is 18.9 Å². The molecule has 1 aromatic heterocycles. The first-order valence-corrected chi connectivity index (χ1v) is 14.1. The Morgan fingerprint density at radius 1 is 1.00 bits per heavy atom. The first-order chi connectivity index (χ1) is 19.8. The van der Waals surface area contributed by atoms with Crippen LogP contribution in [0.2, 0.25) is 5.02 Å². The van der Waals surface area contributed by atoms with Gasteiger partial charge in [0.1, 0.15) is 16.8 Å². The van der Waals surface area contributed by atoms with Crippen molar-refractivity contribution in [1.29, 1.82) is 5.26 Å². The smallest absolute Gasteiger partial charge is 0.238 e. The van der Waals surface area contributed by atoms with E-state index < -0.39 is 5.25 Å². The second-order valence-corrected chi connectivity index (χ2v) is 10.7. The molecule has 0 spiro atoms. The summed E-state index contributed by atoms with van der Waals surface area (Å²) < 4.78 is 16.7. The number of benzene rings is 3. The van der Waals surface area contributed by atoms with Gasteiger partial charge in [-0.2, -0.15) is 5.26 Å². The molecule has 0 fully saturated rings. The molecule has 0 bridgehead atoms. The van der Waals surface area contributed by atoms with E-state index in [4.69, 9.17) is 30.8 Å². The number of carbonyl (C=O) groups is 1. The quantitative estimate of drug-likeness (QED) is 0.189. The van der Waals surface area contributed by atoms with Crippen LogP contribution in [-0.4, -0.2) is 37.5 Å². The Bertz CT molecular complexity index is 1610. The minimum Gasteiger partial charge on any atom is -0.495 e. The molecule has 4 aromatic rings. The van der Waals surface area contributed by atoms with Crippen LogP contribution in [0.3, 0.4) is 0 Å². The van der Waals surface area contributed by atoms with Gasteiger partial charge in [-0.05, 0) is 37.1 Å². The van der Waals surface area contributed by atoms with Gasteiger partial charge in [0.2, 0.25) is 5.91 Å². The summed E-state index contributed by atoms with van der Waals surface area (Å²) in [5.41, 5.74) is 4.52. The number of methoxy groups -OCH3 is 3. The van der Waals surface area contributed by atoms with Crippen molar-refractivity contribution in [2.75, 3.05) is 26.6 Å². The Kier molecular flexibility index (Phi) is 9.77. The average Bonchev–Trinajstić information content (AvgIpc) is 3.00. The number of thioether (sulfide) groups is 1. The number of amides is 1. The molecule has 0 saturated carbocycles. The number of anilines is 1. The van der Waals surface area contributed by atoms with Gasteiger partial charge >= 0.3 is 0 Å². The Labute approximate surface area is 249 Å². The molecular weight excluding hydrogens is 558 g/mol. The number of carbonyl (C=O) groups excluding carboxylic acids is 1. The van der Waals surface area contributed by atoms with Crippen molar-refractivity contribution in [3.05, 3.63) is 82.9 Å². The minimum absolute atomic E-state index is 0.242. The van der Waals surface area contributed by atoms with E-state index in [2.05, 4.69) is 11.4 Å². The summed E-state index contributed by atoms with van der Waals surface area (Å²) in [7, 11) is 4.65. The standard InChI is InChI=1S/C32H30ClN3O4S/c1-6-29(31(37)35-26-15-19(2)24(33)17-28(26)39-4)41-32-23(18-34)22(16-25(36-32)20-11-8-7-9-12-20)21-13-10-14-27(38-3)30(21)40-5/h7-17,29H,6H2,1-5H3,(H,35,37). The third kappa shape index (κ3) is 6.43. The largest absolute Gasteiger partial charge is 0.495 e. The van der Waals surface area contributed by atoms with Crippen LogP contribution in [-0.2, 0) is 4.79 Å². The number of halogens is 1. The van der Waals surface area contributed by atoms with Crippen LogP contribution in [0.5, 0.6) is 17.2 Å². The predicted octanol–water partition coefficient (Wildman–Crippen LogP) is 7.78. The lowest BCUT2D eigenvalue weighted by atomic mass is 9.98. The summed E-state index contributed by atoms with van der Waals surface area (Å²) in [6.07, 6.45) is 0.491. The molecule has 0 radical (unpaired) electrons. The van der Waals surface area contributed by atoms with Crippen molar-refractivity contribution in [2.24, 2.45) is 0 Å². The molecule has 0 aliphatic carbocycles. The molecule has 7 nitrogen and oxygen atoms in total. The molecule has 1 N–H and O–H groups in total. The second-order valence-electron chi connectivity index (χ2n) is 9.06. The average molecular weight is 588 g/mol. The summed E-state index contributed by atoms with van der Waals surface area (Å²) in [5, 5.41) is 13.8. The highest BCUT2D eigenvalue weighted by molar-refractivity contribution is 8.00. The zero-order valence-electron chi connectivity index (χ0n) is 23.4. The van der Waals surface area contributed by atoms with Crippen molar-refractivity contribution in [3.8, 4) is 45.7 Å². The van der Waals surface area contributed by atoms with Gasteiger partial charge in [-0.25, -0.2) is 4.98 Å². The lowest BCUT2D eigenvalue weighted by Gasteiger charge is -2.19. The van der Waals surface area contributed by atoms with E-state index >= 15 is 0 Å². The van der Waals surface area contributed by atoms with Gasteiger partial charge in [0.15, 0.2) is 11.5 Å². The van der Waals surface area contributed by atoms with Crippen LogP contribution in [0.25, 0.3) is 22.4 Å². The summed E-state index contributed by atoms with van der Waals surface area (Å²) in [6.45, 7) is 3.77. The van der Waals surface area contributed by atoms with Gasteiger partial charge in [0.05, 0.1) is 43.5 Å². The monoisotopic (exact) mass is 587 g/mol. The number of hydrogen-bond acceptors (Lipinski definition) is 7. The fourth-order valence-corrected chi connectivity index (χ4v) is 5.56. The number of rotatable bonds is 10. The normalized spacial score (nSPS) is 11.3. The molecule has 4 rings (SSSR count). The Morgan fingerprint density at radius 3 is 2.37 bits per heavy atom. The van der Waals surface area contributed by atoms with Gasteiger partial charge in [-0.15, -0.1) is 0 Å². The second kappa shape index (κ2) is 13.4. The Morgan fingerprint density at radius 2 is 1.73 bits per heavy atom. The van der Waals surface area contributed by atoms with Gasteiger partial charge < -0.3 is 19.5 Å². The van der Waals surface area contributed by atoms with E-state index in [0.29, 0.717) is 61.8 Å². The van der Waals surface area contributed by atoms with Gasteiger partial charge in [0.25, 0.3) is 0 Å². The van der Waals surface area contributed by atoms with Crippen LogP contribution < -0.4 is 19.5 Å². The van der Waals surface area contributed by atoms with Crippen molar-refractivity contribution >= 4 is 35.0 Å². The number of nitrogens with one attached hydrogen (secondary N) is 1. The predicted molar refractivity (Wildman–Crippen MR) is 164 cm³/mol. The van der Waals surface area contributed by atoms with Crippen LogP contribution in [0.15, 0.2) is 71.8 Å². The molecular formula is C32H30ClN3O4S. The maximum atomic E-state index is 13.5. The number of aromatic nitrogens is 1. The molecule has 1 unspecified atom stereocenters. The zero-order chi connectivity index (χ0) is 29.5. The summed E-state index contributed by atoms with van der Waals surface area (Å²) in [5.74, 6) is 1.26. The van der Waals surface area contributed by atoms with Crippen molar-refractivity contribution in [3.63, 3.8) is 0 Å². The number of para-hydroxylation sites is 1. The van der Waals surface area contributed by atoms with E-state index in [1.54, 1.807) is 32.4 Å². The summed E-state index contributed by atoms with van der Waals surface area (Å²) in [4.78, 5) is 18.4. The fourth-order valence-electron chi connectivity index (χ4n) is 4.38. The van der Waals surface area contributed by atoms with Crippen molar-refractivity contribution < 1.29 is 19.0 Å². The molecule has 0 aliphatic rings. The number of pyridine rings is 1. The van der Waals surface area contributed by atoms with Gasteiger partial charge in [-0.1, -0.05) is 72.8 Å². The highest BCUT2D eigenvalue weighted by atomic mass is 35.5. The molecule has 0 aliphatic heterocycles. The Hall–Kier alpha value is -4.19. The van der Waals surface area contributed by atoms with E-state index in [1.807, 2.05) is 62.4 Å². The number of hydrogen-bond donors (Lipinski definition) is 1. The van der Waals surface area contributed by atoms with Crippen LogP contribution >= 0.6 is 23.4 Å². The van der Waals surface area contributed by atoms with E-state index in [9.17, 15) is 10.1 Å². The highest BCUT2D eigenvalue weighted by Gasteiger charge is 2.26. The van der Waals surface area contributed by atoms with Crippen molar-refractivity contribution in [2.45, 2.75) is 30.5 Å². The first-order valence-electron chi connectivity index (χ1n) is 12.9. The molecule has 1 atom stereocenters. The summed E-state index contributed by atoms with van der Waals surface area (Å²) in [6, 6.07) is 22.9. The Balaban J connectivity index is 1.82. The molecule has 3 aromatic carbocycles. The maximum absolute atomic E-state index is 13.5. The molecule has 210 valence electrons. The van der Waals surface area contributed by atoms with E-state index in [-0.39, 0.29) is 5.91 Å². The number of nitriles is 1.